The van der Waals surface area contributed by atoms with Gasteiger partial charge in [0.05, 0.1) is 6.10 Å². The molecule has 0 aliphatic rings. The average molecular weight is 240 g/mol. The number of aliphatic hydroxyl groups is 1. The third-order valence-electron chi connectivity index (χ3n) is 2.76. The number of aliphatic hydroxyl groups excluding tert-OH is 1. The van der Waals surface area contributed by atoms with Gasteiger partial charge in [0.2, 0.25) is 0 Å². The Balaban J connectivity index is 2.75. The predicted octanol–water partition coefficient (Wildman–Crippen LogP) is 2.73. The van der Waals surface area contributed by atoms with Gasteiger partial charge in [0.15, 0.2) is 0 Å². The van der Waals surface area contributed by atoms with Crippen molar-refractivity contribution in [1.29, 1.82) is 0 Å². The van der Waals surface area contributed by atoms with Crippen molar-refractivity contribution in [3.63, 3.8) is 0 Å². The van der Waals surface area contributed by atoms with Crippen LogP contribution in [-0.4, -0.2) is 16.2 Å². The smallest absolute Gasteiger partial charge is 0.303 e. The van der Waals surface area contributed by atoms with Crippen LogP contribution in [0.3, 0.4) is 0 Å². The van der Waals surface area contributed by atoms with E-state index >= 15 is 0 Å². The molecule has 0 aromatic heterocycles. The first-order valence-corrected chi connectivity index (χ1v) is 5.58. The van der Waals surface area contributed by atoms with Crippen LogP contribution in [0.15, 0.2) is 12.1 Å². The molecule has 0 amide bonds. The van der Waals surface area contributed by atoms with Crippen LogP contribution in [0.4, 0.5) is 4.39 Å². The van der Waals surface area contributed by atoms with E-state index in [1.807, 2.05) is 0 Å². The highest BCUT2D eigenvalue weighted by Gasteiger charge is 2.14. The Morgan fingerprint density at radius 1 is 1.35 bits per heavy atom. The summed E-state index contributed by atoms with van der Waals surface area (Å²) < 4.78 is 13.1. The van der Waals surface area contributed by atoms with Crippen LogP contribution < -0.4 is 0 Å². The van der Waals surface area contributed by atoms with Gasteiger partial charge in [-0.2, -0.15) is 0 Å². The summed E-state index contributed by atoms with van der Waals surface area (Å²) in [5.74, 6) is -1.19. The molecule has 0 aliphatic carbocycles. The number of benzene rings is 1. The topological polar surface area (TPSA) is 57.5 Å². The molecule has 94 valence electrons. The van der Waals surface area contributed by atoms with E-state index in [1.54, 1.807) is 13.8 Å². The van der Waals surface area contributed by atoms with Gasteiger partial charge in [-0.1, -0.05) is 0 Å². The Labute approximate surface area is 99.9 Å². The van der Waals surface area contributed by atoms with Gasteiger partial charge in [-0.15, -0.1) is 0 Å². The second-order valence-corrected chi connectivity index (χ2v) is 4.26. The fourth-order valence-electron chi connectivity index (χ4n) is 2.04. The van der Waals surface area contributed by atoms with Crippen molar-refractivity contribution in [2.45, 2.75) is 39.2 Å². The molecule has 1 atom stereocenters. The van der Waals surface area contributed by atoms with Crippen LogP contribution in [-0.2, 0) is 4.79 Å². The normalized spacial score (nSPS) is 12.5. The molecule has 0 saturated heterocycles. The quantitative estimate of drug-likeness (QED) is 0.832. The van der Waals surface area contributed by atoms with E-state index in [-0.39, 0.29) is 12.2 Å². The van der Waals surface area contributed by atoms with Gasteiger partial charge >= 0.3 is 5.97 Å². The SMILES string of the molecule is Cc1cc(F)cc(C)c1C(O)CCCC(=O)O. The summed E-state index contributed by atoms with van der Waals surface area (Å²) in [5, 5.41) is 18.5. The van der Waals surface area contributed by atoms with Gasteiger partial charge in [0.1, 0.15) is 5.82 Å². The second kappa shape index (κ2) is 5.77. The molecule has 4 heteroatoms. The maximum absolute atomic E-state index is 13.1. The number of aryl methyl sites for hydroxylation is 2. The van der Waals surface area contributed by atoms with Crippen LogP contribution in [0, 0.1) is 19.7 Å². The van der Waals surface area contributed by atoms with E-state index in [9.17, 15) is 14.3 Å². The van der Waals surface area contributed by atoms with E-state index in [2.05, 4.69) is 0 Å². The van der Waals surface area contributed by atoms with E-state index < -0.39 is 12.1 Å². The van der Waals surface area contributed by atoms with Crippen LogP contribution in [0.5, 0.6) is 0 Å². The molecule has 0 spiro atoms. The summed E-state index contributed by atoms with van der Waals surface area (Å²) in [7, 11) is 0. The lowest BCUT2D eigenvalue weighted by atomic mass is 9.95. The fourth-order valence-corrected chi connectivity index (χ4v) is 2.04. The number of carbonyl (C=O) groups is 1. The molecule has 1 aromatic carbocycles. The molecule has 2 N–H and O–H groups in total. The third kappa shape index (κ3) is 3.82. The molecule has 0 saturated carbocycles. The summed E-state index contributed by atoms with van der Waals surface area (Å²) in [5.41, 5.74) is 2.10. The summed E-state index contributed by atoms with van der Waals surface area (Å²) in [6.45, 7) is 3.48. The fraction of sp³-hybridized carbons (Fsp3) is 0.462. The largest absolute Gasteiger partial charge is 0.481 e. The van der Waals surface area contributed by atoms with Crippen LogP contribution in [0.25, 0.3) is 0 Å². The molecule has 0 aliphatic heterocycles. The lowest BCUT2D eigenvalue weighted by Gasteiger charge is -2.16. The Bertz CT molecular complexity index is 392. The van der Waals surface area contributed by atoms with Gasteiger partial charge in [0, 0.05) is 6.42 Å². The van der Waals surface area contributed by atoms with Gasteiger partial charge in [-0.25, -0.2) is 4.39 Å². The molecule has 1 unspecified atom stereocenters. The Morgan fingerprint density at radius 3 is 2.35 bits per heavy atom. The molecule has 0 bridgehead atoms. The molecular weight excluding hydrogens is 223 g/mol. The number of halogens is 1. The van der Waals surface area contributed by atoms with Gasteiger partial charge in [-0.3, -0.25) is 4.79 Å². The summed E-state index contributed by atoms with van der Waals surface area (Å²) in [6.07, 6.45) is 0.0952. The van der Waals surface area contributed by atoms with Crippen molar-refractivity contribution in [2.24, 2.45) is 0 Å². The Kier molecular flexibility index (Phi) is 4.63. The predicted molar refractivity (Wildman–Crippen MR) is 62.3 cm³/mol. The number of hydrogen-bond acceptors (Lipinski definition) is 2. The van der Waals surface area contributed by atoms with Crippen molar-refractivity contribution in [1.82, 2.24) is 0 Å². The standard InChI is InChI=1S/C13H17FO3/c1-8-6-10(14)7-9(2)13(8)11(15)4-3-5-12(16)17/h6-7,11,15H,3-5H2,1-2H3,(H,16,17). The van der Waals surface area contributed by atoms with Crippen LogP contribution >= 0.6 is 0 Å². The molecule has 0 radical (unpaired) electrons. The maximum atomic E-state index is 13.1. The number of rotatable bonds is 5. The van der Waals surface area contributed by atoms with Crippen molar-refractivity contribution in [2.75, 3.05) is 0 Å². The lowest BCUT2D eigenvalue weighted by Crippen LogP contribution is -2.05. The van der Waals surface area contributed by atoms with Crippen LogP contribution in [0.1, 0.15) is 42.1 Å². The summed E-state index contributed by atoms with van der Waals surface area (Å²) in [6, 6.07) is 2.76. The van der Waals surface area contributed by atoms with E-state index in [0.29, 0.717) is 29.5 Å². The highest BCUT2D eigenvalue weighted by molar-refractivity contribution is 5.66. The first-order chi connectivity index (χ1) is 7.91. The molecular formula is C13H17FO3. The molecule has 1 rings (SSSR count). The van der Waals surface area contributed by atoms with Crippen molar-refractivity contribution in [3.8, 4) is 0 Å². The minimum absolute atomic E-state index is 0.0380. The molecule has 0 fully saturated rings. The van der Waals surface area contributed by atoms with Crippen molar-refractivity contribution < 1.29 is 19.4 Å². The van der Waals surface area contributed by atoms with E-state index in [4.69, 9.17) is 5.11 Å². The minimum Gasteiger partial charge on any atom is -0.481 e. The van der Waals surface area contributed by atoms with E-state index in [1.165, 1.54) is 12.1 Å². The van der Waals surface area contributed by atoms with Gasteiger partial charge in [0.25, 0.3) is 0 Å². The zero-order chi connectivity index (χ0) is 13.0. The molecule has 3 nitrogen and oxygen atoms in total. The van der Waals surface area contributed by atoms with Crippen LogP contribution in [0.2, 0.25) is 0 Å². The highest BCUT2D eigenvalue weighted by Crippen LogP contribution is 2.26. The van der Waals surface area contributed by atoms with Crippen molar-refractivity contribution >= 4 is 5.97 Å². The molecule has 1 aromatic rings. The molecule has 0 heterocycles. The Hall–Kier alpha value is -1.42. The maximum Gasteiger partial charge on any atom is 0.303 e. The first-order valence-electron chi connectivity index (χ1n) is 5.58. The second-order valence-electron chi connectivity index (χ2n) is 4.26. The zero-order valence-corrected chi connectivity index (χ0v) is 10.0. The number of aliphatic carboxylic acids is 1. The summed E-state index contributed by atoms with van der Waals surface area (Å²) >= 11 is 0. The number of carboxylic acid groups (broad SMARTS) is 1. The zero-order valence-electron chi connectivity index (χ0n) is 10.0. The Morgan fingerprint density at radius 2 is 1.88 bits per heavy atom. The monoisotopic (exact) mass is 240 g/mol. The lowest BCUT2D eigenvalue weighted by molar-refractivity contribution is -0.137. The first kappa shape index (κ1) is 13.6. The average Bonchev–Trinajstić information content (AvgIpc) is 2.14. The number of carboxylic acids is 1. The van der Waals surface area contributed by atoms with Crippen molar-refractivity contribution in [3.05, 3.63) is 34.6 Å². The highest BCUT2D eigenvalue weighted by atomic mass is 19.1. The van der Waals surface area contributed by atoms with Gasteiger partial charge in [-0.05, 0) is 55.5 Å². The number of hydrogen-bond donors (Lipinski definition) is 2. The third-order valence-corrected chi connectivity index (χ3v) is 2.76. The van der Waals surface area contributed by atoms with Gasteiger partial charge < -0.3 is 10.2 Å². The summed E-state index contributed by atoms with van der Waals surface area (Å²) in [4.78, 5) is 10.4. The molecule has 17 heavy (non-hydrogen) atoms. The minimum atomic E-state index is -0.871. The van der Waals surface area contributed by atoms with E-state index in [0.717, 1.165) is 0 Å².